The lowest BCUT2D eigenvalue weighted by Crippen LogP contribution is -2.12. The number of hydrogen-bond acceptors (Lipinski definition) is 1. The van der Waals surface area contributed by atoms with Gasteiger partial charge in [0.25, 0.3) is 0 Å². The van der Waals surface area contributed by atoms with Crippen molar-refractivity contribution in [1.82, 2.24) is 0 Å². The quantitative estimate of drug-likeness (QED) is 0.781. The van der Waals surface area contributed by atoms with Gasteiger partial charge in [0.2, 0.25) is 0 Å². The molecule has 1 rings (SSSR count). The molecule has 0 fully saturated rings. The van der Waals surface area contributed by atoms with Crippen molar-refractivity contribution in [3.8, 4) is 0 Å². The summed E-state index contributed by atoms with van der Waals surface area (Å²) in [7, 11) is 0. The standard InChI is InChI=1S/C12H17ClFN.ClH/c1-2-3-4-8-11(15)9-6-5-7-10(13)12(9)14;/h5-7,11H,2-4,8,15H2,1H3;1H/t11-;/m0./s1. The lowest BCUT2D eigenvalue weighted by Gasteiger charge is -2.13. The fourth-order valence-corrected chi connectivity index (χ4v) is 1.76. The Morgan fingerprint density at radius 3 is 2.69 bits per heavy atom. The van der Waals surface area contributed by atoms with Gasteiger partial charge < -0.3 is 5.73 Å². The van der Waals surface area contributed by atoms with Crippen LogP contribution in [0.3, 0.4) is 0 Å². The summed E-state index contributed by atoms with van der Waals surface area (Å²) >= 11 is 5.69. The van der Waals surface area contributed by atoms with Crippen LogP contribution in [0.1, 0.15) is 44.2 Å². The molecule has 0 aliphatic carbocycles. The molecule has 0 amide bonds. The Balaban J connectivity index is 0.00000225. The first-order valence-electron chi connectivity index (χ1n) is 5.36. The van der Waals surface area contributed by atoms with E-state index >= 15 is 0 Å². The lowest BCUT2D eigenvalue weighted by molar-refractivity contribution is 0.539. The molecule has 4 heteroatoms. The van der Waals surface area contributed by atoms with Gasteiger partial charge in [0.15, 0.2) is 0 Å². The van der Waals surface area contributed by atoms with Crippen molar-refractivity contribution in [1.29, 1.82) is 0 Å². The highest BCUT2D eigenvalue weighted by atomic mass is 35.5. The van der Waals surface area contributed by atoms with E-state index in [9.17, 15) is 4.39 Å². The van der Waals surface area contributed by atoms with E-state index in [0.717, 1.165) is 25.7 Å². The summed E-state index contributed by atoms with van der Waals surface area (Å²) in [6.45, 7) is 2.13. The SMILES string of the molecule is CCCCC[C@H](N)c1cccc(Cl)c1F.Cl. The van der Waals surface area contributed by atoms with Gasteiger partial charge in [-0.15, -0.1) is 12.4 Å². The van der Waals surface area contributed by atoms with Crippen LogP contribution in [0.5, 0.6) is 0 Å². The molecule has 1 aromatic rings. The van der Waals surface area contributed by atoms with Gasteiger partial charge in [-0.1, -0.05) is 49.9 Å². The molecular weight excluding hydrogens is 248 g/mol. The summed E-state index contributed by atoms with van der Waals surface area (Å²) in [5.41, 5.74) is 6.43. The molecule has 0 bridgehead atoms. The van der Waals surface area contributed by atoms with Crippen LogP contribution >= 0.6 is 24.0 Å². The molecule has 0 unspecified atom stereocenters. The van der Waals surface area contributed by atoms with Crippen LogP contribution in [-0.2, 0) is 0 Å². The zero-order chi connectivity index (χ0) is 11.3. The smallest absolute Gasteiger partial charge is 0.146 e. The van der Waals surface area contributed by atoms with Gasteiger partial charge in [-0.2, -0.15) is 0 Å². The van der Waals surface area contributed by atoms with E-state index in [1.165, 1.54) is 0 Å². The summed E-state index contributed by atoms with van der Waals surface area (Å²) in [6.07, 6.45) is 4.12. The van der Waals surface area contributed by atoms with Gasteiger partial charge in [-0.3, -0.25) is 0 Å². The second-order valence-electron chi connectivity index (χ2n) is 3.75. The van der Waals surface area contributed by atoms with Gasteiger partial charge >= 0.3 is 0 Å². The maximum Gasteiger partial charge on any atom is 0.146 e. The molecule has 92 valence electrons. The number of nitrogens with two attached hydrogens (primary N) is 1. The molecule has 0 heterocycles. The van der Waals surface area contributed by atoms with Crippen molar-refractivity contribution < 1.29 is 4.39 Å². The Morgan fingerprint density at radius 2 is 2.06 bits per heavy atom. The van der Waals surface area contributed by atoms with Gasteiger partial charge in [-0.25, -0.2) is 4.39 Å². The number of halogens is 3. The van der Waals surface area contributed by atoms with E-state index in [2.05, 4.69) is 6.92 Å². The average Bonchev–Trinajstić information content (AvgIpc) is 2.22. The zero-order valence-corrected chi connectivity index (χ0v) is 11.0. The third kappa shape index (κ3) is 4.28. The van der Waals surface area contributed by atoms with E-state index in [1.807, 2.05) is 0 Å². The number of hydrogen-bond donors (Lipinski definition) is 1. The van der Waals surface area contributed by atoms with Crippen LogP contribution in [0, 0.1) is 5.82 Å². The summed E-state index contributed by atoms with van der Waals surface area (Å²) in [5.74, 6) is -0.372. The predicted molar refractivity (Wildman–Crippen MR) is 69.7 cm³/mol. The van der Waals surface area contributed by atoms with Gasteiger partial charge in [0.05, 0.1) is 5.02 Å². The van der Waals surface area contributed by atoms with E-state index in [1.54, 1.807) is 18.2 Å². The van der Waals surface area contributed by atoms with Gasteiger partial charge in [0.1, 0.15) is 5.82 Å². The summed E-state index contributed by atoms with van der Waals surface area (Å²) in [6, 6.07) is 4.74. The van der Waals surface area contributed by atoms with Crippen molar-refractivity contribution >= 4 is 24.0 Å². The minimum Gasteiger partial charge on any atom is -0.324 e. The number of unbranched alkanes of at least 4 members (excludes halogenated alkanes) is 2. The maximum absolute atomic E-state index is 13.5. The zero-order valence-electron chi connectivity index (χ0n) is 9.38. The summed E-state index contributed by atoms with van der Waals surface area (Å²) in [4.78, 5) is 0. The molecule has 0 saturated carbocycles. The fraction of sp³-hybridized carbons (Fsp3) is 0.500. The molecular formula is C12H18Cl2FN. The minimum absolute atomic E-state index is 0. The lowest BCUT2D eigenvalue weighted by atomic mass is 10.0. The summed E-state index contributed by atoms with van der Waals surface area (Å²) in [5, 5.41) is 0.151. The monoisotopic (exact) mass is 265 g/mol. The third-order valence-corrected chi connectivity index (χ3v) is 2.79. The largest absolute Gasteiger partial charge is 0.324 e. The minimum atomic E-state index is -0.372. The Kier molecular flexibility index (Phi) is 7.73. The highest BCUT2D eigenvalue weighted by Crippen LogP contribution is 2.25. The third-order valence-electron chi connectivity index (χ3n) is 2.50. The van der Waals surface area contributed by atoms with E-state index < -0.39 is 0 Å². The van der Waals surface area contributed by atoms with Crippen LogP contribution in [0.25, 0.3) is 0 Å². The van der Waals surface area contributed by atoms with Crippen LogP contribution in [0.2, 0.25) is 5.02 Å². The van der Waals surface area contributed by atoms with Crippen LogP contribution < -0.4 is 5.73 Å². The van der Waals surface area contributed by atoms with Crippen LogP contribution in [-0.4, -0.2) is 0 Å². The predicted octanol–water partition coefficient (Wildman–Crippen LogP) is 4.48. The molecule has 0 spiro atoms. The van der Waals surface area contributed by atoms with Crippen LogP contribution in [0.4, 0.5) is 4.39 Å². The van der Waals surface area contributed by atoms with Crippen LogP contribution in [0.15, 0.2) is 18.2 Å². The molecule has 0 aliphatic rings. The topological polar surface area (TPSA) is 26.0 Å². The maximum atomic E-state index is 13.5. The Hall–Kier alpha value is -0.310. The molecule has 1 nitrogen and oxygen atoms in total. The van der Waals surface area contributed by atoms with E-state index in [0.29, 0.717) is 5.56 Å². The molecule has 0 radical (unpaired) electrons. The first kappa shape index (κ1) is 15.7. The molecule has 0 aliphatic heterocycles. The molecule has 0 saturated heterocycles. The van der Waals surface area contributed by atoms with E-state index in [4.69, 9.17) is 17.3 Å². The second-order valence-corrected chi connectivity index (χ2v) is 4.15. The van der Waals surface area contributed by atoms with Crippen molar-refractivity contribution in [3.63, 3.8) is 0 Å². The first-order valence-corrected chi connectivity index (χ1v) is 5.74. The normalized spacial score (nSPS) is 12.0. The van der Waals surface area contributed by atoms with Gasteiger partial charge in [0, 0.05) is 11.6 Å². The molecule has 2 N–H and O–H groups in total. The van der Waals surface area contributed by atoms with E-state index in [-0.39, 0.29) is 29.3 Å². The van der Waals surface area contributed by atoms with Crippen molar-refractivity contribution in [2.24, 2.45) is 5.73 Å². The Labute approximate surface area is 108 Å². The van der Waals surface area contributed by atoms with Crippen molar-refractivity contribution in [2.45, 2.75) is 38.6 Å². The molecule has 0 aromatic heterocycles. The van der Waals surface area contributed by atoms with Crippen molar-refractivity contribution in [3.05, 3.63) is 34.6 Å². The Morgan fingerprint density at radius 1 is 1.38 bits per heavy atom. The Bertz CT molecular complexity index is 318. The number of rotatable bonds is 5. The first-order chi connectivity index (χ1) is 7.16. The summed E-state index contributed by atoms with van der Waals surface area (Å²) < 4.78 is 13.5. The van der Waals surface area contributed by atoms with Gasteiger partial charge in [-0.05, 0) is 12.5 Å². The fourth-order valence-electron chi connectivity index (χ4n) is 1.58. The highest BCUT2D eigenvalue weighted by Gasteiger charge is 2.12. The average molecular weight is 266 g/mol. The van der Waals surface area contributed by atoms with Crippen molar-refractivity contribution in [2.75, 3.05) is 0 Å². The molecule has 1 aromatic carbocycles. The number of benzene rings is 1. The highest BCUT2D eigenvalue weighted by molar-refractivity contribution is 6.30. The second kappa shape index (κ2) is 7.88. The molecule has 16 heavy (non-hydrogen) atoms. The molecule has 1 atom stereocenters.